The smallest absolute Gasteiger partial charge is 0.258 e. The van der Waals surface area contributed by atoms with Crippen molar-refractivity contribution in [2.24, 2.45) is 0 Å². The van der Waals surface area contributed by atoms with Gasteiger partial charge in [-0.1, -0.05) is 23.2 Å². The van der Waals surface area contributed by atoms with E-state index in [2.05, 4.69) is 20.5 Å². The van der Waals surface area contributed by atoms with Crippen LogP contribution in [0.4, 0.5) is 0 Å². The van der Waals surface area contributed by atoms with E-state index >= 15 is 0 Å². The van der Waals surface area contributed by atoms with Gasteiger partial charge in [-0.25, -0.2) is 4.98 Å². The Kier molecular flexibility index (Phi) is 6.24. The Balaban J connectivity index is 1.13. The molecule has 4 aromatic rings. The first-order valence-corrected chi connectivity index (χ1v) is 11.6. The minimum atomic E-state index is -0.125. The number of nitrogens with zero attached hydrogens (tertiary/aromatic N) is 2. The Morgan fingerprint density at radius 2 is 1.82 bits per heavy atom. The fourth-order valence-electron chi connectivity index (χ4n) is 4.15. The van der Waals surface area contributed by atoms with E-state index < -0.39 is 0 Å². The monoisotopic (exact) mass is 484 g/mol. The normalized spacial score (nSPS) is 18.4. The highest BCUT2D eigenvalue weighted by Crippen LogP contribution is 2.33. The van der Waals surface area contributed by atoms with Crippen molar-refractivity contribution in [3.63, 3.8) is 0 Å². The van der Waals surface area contributed by atoms with Gasteiger partial charge in [-0.15, -0.1) is 0 Å². The lowest BCUT2D eigenvalue weighted by Gasteiger charge is -2.27. The van der Waals surface area contributed by atoms with Crippen LogP contribution in [0.1, 0.15) is 37.4 Å². The maximum absolute atomic E-state index is 12.2. The van der Waals surface area contributed by atoms with Gasteiger partial charge in [-0.3, -0.25) is 9.89 Å². The summed E-state index contributed by atoms with van der Waals surface area (Å²) in [5.41, 5.74) is 0.747. The SMILES string of the molecule is O=C(COc1ccc(Cl)cc1)NC1CCC(c2nc(-c3cc4cc(Cl)ccc4o3)n[nH]2)CC1. The predicted molar refractivity (Wildman–Crippen MR) is 127 cm³/mol. The number of hydrogen-bond donors (Lipinski definition) is 2. The molecule has 1 aliphatic carbocycles. The molecule has 0 saturated heterocycles. The van der Waals surface area contributed by atoms with Crippen molar-refractivity contribution >= 4 is 40.1 Å². The number of carbonyl (C=O) groups excluding carboxylic acids is 1. The second kappa shape index (κ2) is 9.45. The molecule has 1 amide bonds. The summed E-state index contributed by atoms with van der Waals surface area (Å²) in [6.45, 7) is -0.0181. The summed E-state index contributed by atoms with van der Waals surface area (Å²) in [6, 6.07) is 14.5. The van der Waals surface area contributed by atoms with E-state index in [1.54, 1.807) is 30.3 Å². The van der Waals surface area contributed by atoms with E-state index in [4.69, 9.17) is 32.4 Å². The number of fused-ring (bicyclic) bond motifs is 1. The van der Waals surface area contributed by atoms with Gasteiger partial charge in [0.15, 0.2) is 12.4 Å². The average Bonchev–Trinajstić information content (AvgIpc) is 3.46. The number of halogens is 2. The van der Waals surface area contributed by atoms with Crippen LogP contribution in [0.25, 0.3) is 22.6 Å². The first-order chi connectivity index (χ1) is 16.0. The van der Waals surface area contributed by atoms with Gasteiger partial charge in [0.25, 0.3) is 5.91 Å². The van der Waals surface area contributed by atoms with Crippen molar-refractivity contribution in [3.8, 4) is 17.3 Å². The number of hydrogen-bond acceptors (Lipinski definition) is 5. The number of aromatic nitrogens is 3. The van der Waals surface area contributed by atoms with Gasteiger partial charge in [-0.05, 0) is 74.2 Å². The molecule has 2 heterocycles. The Morgan fingerprint density at radius 1 is 1.06 bits per heavy atom. The molecule has 7 nitrogen and oxygen atoms in total. The zero-order valence-corrected chi connectivity index (χ0v) is 19.2. The maximum Gasteiger partial charge on any atom is 0.258 e. The molecular weight excluding hydrogens is 463 g/mol. The van der Waals surface area contributed by atoms with E-state index in [0.717, 1.165) is 42.5 Å². The first-order valence-electron chi connectivity index (χ1n) is 10.8. The van der Waals surface area contributed by atoms with Gasteiger partial charge in [0.2, 0.25) is 5.82 Å². The third-order valence-corrected chi connectivity index (χ3v) is 6.35. The number of ether oxygens (including phenoxy) is 1. The lowest BCUT2D eigenvalue weighted by Crippen LogP contribution is -2.40. The van der Waals surface area contributed by atoms with E-state index in [-0.39, 0.29) is 24.5 Å². The Labute approximate surface area is 200 Å². The van der Waals surface area contributed by atoms with Gasteiger partial charge < -0.3 is 14.5 Å². The average molecular weight is 485 g/mol. The molecule has 1 aliphatic rings. The molecule has 0 aliphatic heterocycles. The van der Waals surface area contributed by atoms with Crippen LogP contribution in [0.3, 0.4) is 0 Å². The van der Waals surface area contributed by atoms with Crippen molar-refractivity contribution in [1.82, 2.24) is 20.5 Å². The van der Waals surface area contributed by atoms with Gasteiger partial charge in [0.1, 0.15) is 17.2 Å². The van der Waals surface area contributed by atoms with Gasteiger partial charge in [-0.2, -0.15) is 5.10 Å². The molecule has 0 unspecified atom stereocenters. The highest BCUT2D eigenvalue weighted by atomic mass is 35.5. The van der Waals surface area contributed by atoms with Crippen molar-refractivity contribution in [2.45, 2.75) is 37.6 Å². The number of benzene rings is 2. The van der Waals surface area contributed by atoms with Crippen LogP contribution in [-0.4, -0.2) is 33.7 Å². The van der Waals surface area contributed by atoms with Crippen LogP contribution in [0.2, 0.25) is 10.0 Å². The molecule has 0 radical (unpaired) electrons. The molecule has 0 bridgehead atoms. The number of rotatable bonds is 6. The van der Waals surface area contributed by atoms with Crippen LogP contribution < -0.4 is 10.1 Å². The summed E-state index contributed by atoms with van der Waals surface area (Å²) in [5, 5.41) is 12.7. The summed E-state index contributed by atoms with van der Waals surface area (Å²) in [4.78, 5) is 16.9. The summed E-state index contributed by atoms with van der Waals surface area (Å²) >= 11 is 11.9. The lowest BCUT2D eigenvalue weighted by molar-refractivity contribution is -0.124. The van der Waals surface area contributed by atoms with Crippen LogP contribution in [0.15, 0.2) is 52.9 Å². The second-order valence-electron chi connectivity index (χ2n) is 8.20. The molecular formula is C24H22Cl2N4O3. The Hall–Kier alpha value is -3.03. The van der Waals surface area contributed by atoms with Crippen LogP contribution in [0.5, 0.6) is 5.75 Å². The van der Waals surface area contributed by atoms with E-state index in [0.29, 0.717) is 27.4 Å². The summed E-state index contributed by atoms with van der Waals surface area (Å²) in [7, 11) is 0. The van der Waals surface area contributed by atoms with Crippen molar-refractivity contribution in [3.05, 3.63) is 64.4 Å². The van der Waals surface area contributed by atoms with Crippen molar-refractivity contribution < 1.29 is 13.9 Å². The molecule has 2 aromatic heterocycles. The third kappa shape index (κ3) is 5.15. The summed E-state index contributed by atoms with van der Waals surface area (Å²) in [6.07, 6.45) is 3.56. The van der Waals surface area contributed by atoms with Crippen LogP contribution >= 0.6 is 23.2 Å². The molecule has 0 spiro atoms. The van der Waals surface area contributed by atoms with Crippen LogP contribution in [-0.2, 0) is 4.79 Å². The second-order valence-corrected chi connectivity index (χ2v) is 9.07. The molecule has 1 saturated carbocycles. The molecule has 2 N–H and O–H groups in total. The molecule has 1 fully saturated rings. The van der Waals surface area contributed by atoms with Gasteiger partial charge >= 0.3 is 0 Å². The number of amides is 1. The van der Waals surface area contributed by atoms with E-state index in [1.807, 2.05) is 18.2 Å². The minimum absolute atomic E-state index is 0.0181. The molecule has 170 valence electrons. The standard InChI is InChI=1S/C24H22Cl2N4O3/c25-16-3-8-19(9-4-16)32-13-22(31)27-18-6-1-14(2-7-18)23-28-24(30-29-23)21-12-15-11-17(26)5-10-20(15)33-21/h3-5,8-12,14,18H,1-2,6-7,13H2,(H,27,31)(H,28,29,30). The first kappa shape index (κ1) is 21.8. The Morgan fingerprint density at radius 3 is 2.61 bits per heavy atom. The number of carbonyl (C=O) groups is 1. The molecule has 2 aromatic carbocycles. The highest BCUT2D eigenvalue weighted by Gasteiger charge is 2.26. The van der Waals surface area contributed by atoms with Crippen molar-refractivity contribution in [1.29, 1.82) is 0 Å². The maximum atomic E-state index is 12.2. The van der Waals surface area contributed by atoms with Crippen molar-refractivity contribution in [2.75, 3.05) is 6.61 Å². The largest absolute Gasteiger partial charge is 0.484 e. The fourth-order valence-corrected chi connectivity index (χ4v) is 4.46. The molecule has 5 rings (SSSR count). The summed E-state index contributed by atoms with van der Waals surface area (Å²) in [5.74, 6) is 2.75. The summed E-state index contributed by atoms with van der Waals surface area (Å²) < 4.78 is 11.4. The number of furan rings is 1. The van der Waals surface area contributed by atoms with E-state index in [1.165, 1.54) is 0 Å². The number of nitrogens with one attached hydrogen (secondary N) is 2. The minimum Gasteiger partial charge on any atom is -0.484 e. The molecule has 33 heavy (non-hydrogen) atoms. The highest BCUT2D eigenvalue weighted by molar-refractivity contribution is 6.31. The number of aromatic amines is 1. The lowest BCUT2D eigenvalue weighted by atomic mass is 9.85. The van der Waals surface area contributed by atoms with Crippen LogP contribution in [0, 0.1) is 0 Å². The topological polar surface area (TPSA) is 93.0 Å². The Bertz CT molecular complexity index is 1260. The fraction of sp³-hybridized carbons (Fsp3) is 0.292. The zero-order valence-electron chi connectivity index (χ0n) is 17.7. The van der Waals surface area contributed by atoms with Gasteiger partial charge in [0, 0.05) is 27.4 Å². The van der Waals surface area contributed by atoms with E-state index in [9.17, 15) is 4.79 Å². The zero-order chi connectivity index (χ0) is 22.8. The third-order valence-electron chi connectivity index (χ3n) is 5.86. The number of H-pyrrole nitrogens is 1. The molecule has 9 heteroatoms. The molecule has 0 atom stereocenters. The quantitative estimate of drug-likeness (QED) is 0.363. The van der Waals surface area contributed by atoms with Gasteiger partial charge in [0.05, 0.1) is 0 Å². The predicted octanol–water partition coefficient (Wildman–Crippen LogP) is 5.75.